The van der Waals surface area contributed by atoms with Gasteiger partial charge in [-0.25, -0.2) is 9.59 Å². The molecule has 1 aliphatic carbocycles. The van der Waals surface area contributed by atoms with Gasteiger partial charge in [-0.1, -0.05) is 56.0 Å². The fraction of sp³-hybridized carbons (Fsp3) is 0.550. The zero-order valence-electron chi connectivity index (χ0n) is 15.9. The van der Waals surface area contributed by atoms with Crippen molar-refractivity contribution in [3.8, 4) is 0 Å². The number of nitrogens with one attached hydrogen (secondary N) is 2. The lowest BCUT2D eigenvalue weighted by Crippen LogP contribution is -2.54. The highest BCUT2D eigenvalue weighted by Gasteiger charge is 2.39. The van der Waals surface area contributed by atoms with Gasteiger partial charge in [0, 0.05) is 26.6 Å². The normalized spacial score (nSPS) is 16.0. The van der Waals surface area contributed by atoms with Gasteiger partial charge in [-0.15, -0.1) is 0 Å². The Hall–Kier alpha value is -2.57. The lowest BCUT2D eigenvalue weighted by molar-refractivity contribution is -0.148. The van der Waals surface area contributed by atoms with E-state index in [-0.39, 0.29) is 24.9 Å². The summed E-state index contributed by atoms with van der Waals surface area (Å²) < 4.78 is 0. The van der Waals surface area contributed by atoms with Gasteiger partial charge >= 0.3 is 12.0 Å². The summed E-state index contributed by atoms with van der Waals surface area (Å²) in [6.45, 7) is 0.639. The second-order valence-electron chi connectivity index (χ2n) is 7.17. The fourth-order valence-corrected chi connectivity index (χ4v) is 3.40. The third kappa shape index (κ3) is 6.27. The SMILES string of the molecule is CN(Cc1ccccc1)C(=O)NCCC(=O)NC1(C(=O)O)CCCCCC1. The van der Waals surface area contributed by atoms with Crippen LogP contribution in [0, 0.1) is 0 Å². The highest BCUT2D eigenvalue weighted by Crippen LogP contribution is 2.27. The topological polar surface area (TPSA) is 98.7 Å². The van der Waals surface area contributed by atoms with Crippen LogP contribution in [0.2, 0.25) is 0 Å². The molecule has 0 aliphatic heterocycles. The summed E-state index contributed by atoms with van der Waals surface area (Å²) in [6.07, 6.45) is 4.56. The first-order chi connectivity index (χ1) is 12.9. The first-order valence-electron chi connectivity index (χ1n) is 9.50. The molecule has 2 rings (SSSR count). The quantitative estimate of drug-likeness (QED) is 0.638. The maximum absolute atomic E-state index is 12.2. The van der Waals surface area contributed by atoms with Gasteiger partial charge in [0.25, 0.3) is 0 Å². The highest BCUT2D eigenvalue weighted by atomic mass is 16.4. The van der Waals surface area contributed by atoms with Gasteiger partial charge < -0.3 is 20.6 Å². The molecule has 0 atom stereocenters. The van der Waals surface area contributed by atoms with Crippen molar-refractivity contribution in [3.05, 3.63) is 35.9 Å². The molecule has 0 aromatic heterocycles. The number of carboxylic acid groups (broad SMARTS) is 1. The molecule has 0 heterocycles. The monoisotopic (exact) mass is 375 g/mol. The summed E-state index contributed by atoms with van der Waals surface area (Å²) in [4.78, 5) is 37.6. The molecule has 1 aromatic rings. The minimum atomic E-state index is -1.16. The van der Waals surface area contributed by atoms with Gasteiger partial charge in [0.1, 0.15) is 5.54 Å². The first kappa shape index (κ1) is 20.7. The van der Waals surface area contributed by atoms with Gasteiger partial charge in [-0.2, -0.15) is 0 Å². The molecular formula is C20H29N3O4. The molecule has 0 spiro atoms. The second-order valence-corrected chi connectivity index (χ2v) is 7.17. The Kier molecular flexibility index (Phi) is 7.64. The summed E-state index contributed by atoms with van der Waals surface area (Å²) >= 11 is 0. The van der Waals surface area contributed by atoms with Crippen molar-refractivity contribution in [3.63, 3.8) is 0 Å². The molecule has 3 amide bonds. The van der Waals surface area contributed by atoms with Gasteiger partial charge in [-0.05, 0) is 18.4 Å². The van der Waals surface area contributed by atoms with Gasteiger partial charge in [-0.3, -0.25) is 4.79 Å². The average molecular weight is 375 g/mol. The molecule has 7 nitrogen and oxygen atoms in total. The van der Waals surface area contributed by atoms with Crippen LogP contribution >= 0.6 is 0 Å². The van der Waals surface area contributed by atoms with E-state index in [4.69, 9.17) is 0 Å². The predicted molar refractivity (Wildman–Crippen MR) is 102 cm³/mol. The molecule has 0 unspecified atom stereocenters. The third-order valence-corrected chi connectivity index (χ3v) is 4.98. The first-order valence-corrected chi connectivity index (χ1v) is 9.50. The van der Waals surface area contributed by atoms with Crippen LogP contribution in [0.4, 0.5) is 4.79 Å². The van der Waals surface area contributed by atoms with Crippen molar-refractivity contribution >= 4 is 17.9 Å². The zero-order valence-corrected chi connectivity index (χ0v) is 15.9. The summed E-state index contributed by atoms with van der Waals surface area (Å²) in [5, 5.41) is 15.0. The lowest BCUT2D eigenvalue weighted by atomic mass is 9.90. The third-order valence-electron chi connectivity index (χ3n) is 4.98. The Labute approximate surface area is 160 Å². The molecule has 7 heteroatoms. The molecule has 1 fully saturated rings. The number of carbonyl (C=O) groups excluding carboxylic acids is 2. The largest absolute Gasteiger partial charge is 0.480 e. The van der Waals surface area contributed by atoms with E-state index >= 15 is 0 Å². The standard InChI is InChI=1S/C20H29N3O4/c1-23(15-16-9-5-4-6-10-16)19(27)21-14-11-17(24)22-20(18(25)26)12-7-2-3-8-13-20/h4-6,9-10H,2-3,7-8,11-15H2,1H3,(H,21,27)(H,22,24)(H,25,26). The predicted octanol–water partition coefficient (Wildman–Crippen LogP) is 2.51. The van der Waals surface area contributed by atoms with Gasteiger partial charge in [0.2, 0.25) is 5.91 Å². The van der Waals surface area contributed by atoms with Crippen LogP contribution in [0.25, 0.3) is 0 Å². The number of rotatable bonds is 7. The lowest BCUT2D eigenvalue weighted by Gasteiger charge is -2.29. The van der Waals surface area contributed by atoms with Crippen LogP contribution in [0.15, 0.2) is 30.3 Å². The number of benzene rings is 1. The molecule has 1 aromatic carbocycles. The van der Waals surface area contributed by atoms with Gasteiger partial charge in [0.05, 0.1) is 0 Å². The molecule has 0 radical (unpaired) electrons. The van der Waals surface area contributed by atoms with Crippen LogP contribution in [-0.4, -0.2) is 47.0 Å². The number of nitrogens with zero attached hydrogens (tertiary/aromatic N) is 1. The van der Waals surface area contributed by atoms with Crippen molar-refractivity contribution < 1.29 is 19.5 Å². The van der Waals surface area contributed by atoms with Crippen LogP contribution in [0.1, 0.15) is 50.5 Å². The Bertz CT molecular complexity index is 640. The Morgan fingerprint density at radius 1 is 1.07 bits per heavy atom. The molecule has 0 bridgehead atoms. The Morgan fingerprint density at radius 2 is 1.70 bits per heavy atom. The average Bonchev–Trinajstić information content (AvgIpc) is 2.89. The summed E-state index contributed by atoms with van der Waals surface area (Å²) in [7, 11) is 1.69. The smallest absolute Gasteiger partial charge is 0.329 e. The van der Waals surface area contributed by atoms with Crippen molar-refractivity contribution in [2.45, 2.75) is 57.0 Å². The number of carbonyl (C=O) groups is 3. The summed E-state index contributed by atoms with van der Waals surface area (Å²) in [6, 6.07) is 9.36. The number of hydrogen-bond donors (Lipinski definition) is 3. The molecule has 1 saturated carbocycles. The van der Waals surface area contributed by atoms with E-state index in [2.05, 4.69) is 10.6 Å². The highest BCUT2D eigenvalue weighted by molar-refractivity contribution is 5.87. The van der Waals surface area contributed by atoms with Crippen molar-refractivity contribution in [1.82, 2.24) is 15.5 Å². The Balaban J connectivity index is 1.77. The summed E-state index contributed by atoms with van der Waals surface area (Å²) in [5.41, 5.74) is -0.147. The molecular weight excluding hydrogens is 346 g/mol. The van der Waals surface area contributed by atoms with E-state index in [1.54, 1.807) is 7.05 Å². The molecule has 3 N–H and O–H groups in total. The maximum Gasteiger partial charge on any atom is 0.329 e. The molecule has 0 saturated heterocycles. The molecule has 1 aliphatic rings. The molecule has 148 valence electrons. The van der Waals surface area contributed by atoms with Crippen molar-refractivity contribution in [2.24, 2.45) is 0 Å². The van der Waals surface area contributed by atoms with E-state index in [9.17, 15) is 19.5 Å². The van der Waals surface area contributed by atoms with Crippen molar-refractivity contribution in [2.75, 3.05) is 13.6 Å². The van der Waals surface area contributed by atoms with E-state index in [1.807, 2.05) is 30.3 Å². The number of urea groups is 1. The number of carboxylic acids is 1. The van der Waals surface area contributed by atoms with Crippen LogP contribution < -0.4 is 10.6 Å². The van der Waals surface area contributed by atoms with E-state index < -0.39 is 11.5 Å². The molecule has 27 heavy (non-hydrogen) atoms. The zero-order chi connectivity index (χ0) is 19.7. The number of hydrogen-bond acceptors (Lipinski definition) is 3. The number of aliphatic carboxylic acids is 1. The number of amides is 3. The Morgan fingerprint density at radius 3 is 2.30 bits per heavy atom. The van der Waals surface area contributed by atoms with E-state index in [0.717, 1.165) is 31.2 Å². The van der Waals surface area contributed by atoms with Crippen LogP contribution in [0.3, 0.4) is 0 Å². The van der Waals surface area contributed by atoms with E-state index in [1.165, 1.54) is 4.90 Å². The minimum Gasteiger partial charge on any atom is -0.480 e. The summed E-state index contributed by atoms with van der Waals surface area (Å²) in [5.74, 6) is -1.31. The van der Waals surface area contributed by atoms with Crippen LogP contribution in [-0.2, 0) is 16.1 Å². The van der Waals surface area contributed by atoms with Crippen LogP contribution in [0.5, 0.6) is 0 Å². The maximum atomic E-state index is 12.2. The second kappa shape index (κ2) is 9.94. The van der Waals surface area contributed by atoms with E-state index in [0.29, 0.717) is 19.4 Å². The minimum absolute atomic E-state index is 0.0555. The van der Waals surface area contributed by atoms with Gasteiger partial charge in [0.15, 0.2) is 0 Å². The fourth-order valence-electron chi connectivity index (χ4n) is 3.40. The van der Waals surface area contributed by atoms with Crippen molar-refractivity contribution in [1.29, 1.82) is 0 Å².